The minimum absolute atomic E-state index is 0.0989. The maximum atomic E-state index is 13.6. The molecule has 0 saturated carbocycles. The number of hydrogen-bond donors (Lipinski definition) is 3. The minimum Gasteiger partial charge on any atom is -0.378 e. The van der Waals surface area contributed by atoms with E-state index in [-0.39, 0.29) is 17.7 Å². The van der Waals surface area contributed by atoms with Crippen LogP contribution in [0.5, 0.6) is 0 Å². The first-order chi connectivity index (χ1) is 18.7. The van der Waals surface area contributed by atoms with Gasteiger partial charge < -0.3 is 26.4 Å². The standard InChI is InChI=1S/C28H36N4O6S/c29-14-8-7-13-23(30)27(34)26(39(36,37)22-11-5-2-6-12-22)20-25(33)24(19-21-9-3-1-4-10-21)31-28(35)32-15-17-38-18-16-32/h1-6,9-12,20,23-24H,7-8,13-19,29-30H2,(H,31,35). The number of urea groups is 1. The normalized spacial score (nSPS) is 15.8. The monoisotopic (exact) mass is 556 g/mol. The van der Waals surface area contributed by atoms with Crippen molar-refractivity contribution in [3.63, 3.8) is 0 Å². The van der Waals surface area contributed by atoms with Gasteiger partial charge in [0.05, 0.1) is 30.2 Å². The summed E-state index contributed by atoms with van der Waals surface area (Å²) in [6.45, 7) is 1.88. The number of ether oxygens (including phenoxy) is 1. The molecule has 2 atom stereocenters. The molecule has 1 fully saturated rings. The summed E-state index contributed by atoms with van der Waals surface area (Å²) in [6.07, 6.45) is 2.29. The molecular formula is C28H36N4O6S. The van der Waals surface area contributed by atoms with Gasteiger partial charge in [-0.15, -0.1) is 0 Å². The summed E-state index contributed by atoms with van der Waals surface area (Å²) < 4.78 is 32.4. The molecule has 2 amide bonds. The summed E-state index contributed by atoms with van der Waals surface area (Å²) >= 11 is 0. The zero-order valence-electron chi connectivity index (χ0n) is 21.8. The number of carbonyl (C=O) groups is 3. The summed E-state index contributed by atoms with van der Waals surface area (Å²) in [7, 11) is -4.38. The number of morpholine rings is 1. The van der Waals surface area contributed by atoms with Crippen LogP contribution in [-0.4, -0.2) is 75.8 Å². The van der Waals surface area contributed by atoms with Crippen LogP contribution in [-0.2, 0) is 30.6 Å². The Balaban J connectivity index is 1.97. The number of amides is 2. The zero-order valence-corrected chi connectivity index (χ0v) is 22.6. The molecule has 10 nitrogen and oxygen atoms in total. The van der Waals surface area contributed by atoms with Crippen molar-refractivity contribution in [1.82, 2.24) is 10.2 Å². The highest BCUT2D eigenvalue weighted by Crippen LogP contribution is 2.22. The van der Waals surface area contributed by atoms with Crippen LogP contribution in [0.4, 0.5) is 4.79 Å². The molecule has 5 N–H and O–H groups in total. The molecule has 11 heteroatoms. The zero-order chi connectivity index (χ0) is 28.3. The second-order valence-electron chi connectivity index (χ2n) is 9.27. The van der Waals surface area contributed by atoms with E-state index in [2.05, 4.69) is 5.32 Å². The van der Waals surface area contributed by atoms with Crippen molar-refractivity contribution in [2.75, 3.05) is 32.8 Å². The van der Waals surface area contributed by atoms with E-state index in [1.165, 1.54) is 29.2 Å². The van der Waals surface area contributed by atoms with E-state index >= 15 is 0 Å². The van der Waals surface area contributed by atoms with Gasteiger partial charge in [-0.05, 0) is 37.1 Å². The third kappa shape index (κ3) is 8.56. The van der Waals surface area contributed by atoms with Crippen molar-refractivity contribution in [3.8, 4) is 0 Å². The van der Waals surface area contributed by atoms with Gasteiger partial charge in [-0.25, -0.2) is 13.2 Å². The molecule has 1 aliphatic heterocycles. The molecule has 0 radical (unpaired) electrons. The Labute approximate surface area is 229 Å². The number of nitrogens with one attached hydrogen (secondary N) is 1. The largest absolute Gasteiger partial charge is 0.378 e. The summed E-state index contributed by atoms with van der Waals surface area (Å²) in [5.74, 6) is -1.58. The highest BCUT2D eigenvalue weighted by Gasteiger charge is 2.33. The molecule has 0 aromatic heterocycles. The van der Waals surface area contributed by atoms with E-state index in [0.717, 1.165) is 11.6 Å². The SMILES string of the molecule is NCCCCC(N)C(=O)C(=CC(=O)C(Cc1ccccc1)NC(=O)N1CCOCC1)S(=O)(=O)c1ccccc1. The molecule has 1 heterocycles. The number of Topliss-reactive ketones (excluding diaryl/α,β-unsaturated/α-hetero) is 1. The van der Waals surface area contributed by atoms with Crippen LogP contribution < -0.4 is 16.8 Å². The number of rotatable bonds is 13. The number of hydrogen-bond acceptors (Lipinski definition) is 8. The van der Waals surface area contributed by atoms with E-state index in [1.54, 1.807) is 30.3 Å². The number of sulfone groups is 1. The Morgan fingerprint density at radius 1 is 0.974 bits per heavy atom. The highest BCUT2D eigenvalue weighted by atomic mass is 32.2. The summed E-state index contributed by atoms with van der Waals surface area (Å²) in [6, 6.07) is 13.7. The van der Waals surface area contributed by atoms with Crippen LogP contribution in [0, 0.1) is 0 Å². The average molecular weight is 557 g/mol. The first-order valence-electron chi connectivity index (χ1n) is 13.0. The van der Waals surface area contributed by atoms with Crippen molar-refractivity contribution in [3.05, 3.63) is 77.2 Å². The Hall–Kier alpha value is -3.38. The van der Waals surface area contributed by atoms with Crippen molar-refractivity contribution >= 4 is 27.4 Å². The van der Waals surface area contributed by atoms with Crippen LogP contribution in [0.15, 0.2) is 76.5 Å². The average Bonchev–Trinajstić information content (AvgIpc) is 2.96. The molecule has 0 aliphatic carbocycles. The predicted molar refractivity (Wildman–Crippen MR) is 147 cm³/mol. The van der Waals surface area contributed by atoms with E-state index < -0.39 is 44.4 Å². The fourth-order valence-electron chi connectivity index (χ4n) is 4.14. The third-order valence-electron chi connectivity index (χ3n) is 6.39. The second kappa shape index (κ2) is 14.7. The smallest absolute Gasteiger partial charge is 0.318 e. The maximum Gasteiger partial charge on any atom is 0.318 e. The molecule has 0 spiro atoms. The van der Waals surface area contributed by atoms with Gasteiger partial charge in [-0.1, -0.05) is 55.0 Å². The lowest BCUT2D eigenvalue weighted by Crippen LogP contribution is -2.51. The number of benzene rings is 2. The van der Waals surface area contributed by atoms with Gasteiger partial charge in [-0.3, -0.25) is 9.59 Å². The van der Waals surface area contributed by atoms with Crippen molar-refractivity contribution in [2.24, 2.45) is 11.5 Å². The van der Waals surface area contributed by atoms with Crippen molar-refractivity contribution in [1.29, 1.82) is 0 Å². The molecule has 1 aliphatic rings. The number of ketones is 2. The Morgan fingerprint density at radius 3 is 2.21 bits per heavy atom. The van der Waals surface area contributed by atoms with Gasteiger partial charge in [0.15, 0.2) is 11.6 Å². The van der Waals surface area contributed by atoms with Crippen LogP contribution >= 0.6 is 0 Å². The molecule has 2 unspecified atom stereocenters. The van der Waals surface area contributed by atoms with E-state index in [9.17, 15) is 22.8 Å². The van der Waals surface area contributed by atoms with Gasteiger partial charge in [0.2, 0.25) is 9.84 Å². The lowest BCUT2D eigenvalue weighted by atomic mass is 10.0. The first kappa shape index (κ1) is 30.2. The van der Waals surface area contributed by atoms with Crippen molar-refractivity contribution < 1.29 is 27.5 Å². The van der Waals surface area contributed by atoms with E-state index in [4.69, 9.17) is 16.2 Å². The molecule has 0 bridgehead atoms. The molecular weight excluding hydrogens is 520 g/mol. The maximum absolute atomic E-state index is 13.6. The third-order valence-corrected chi connectivity index (χ3v) is 8.18. The van der Waals surface area contributed by atoms with Gasteiger partial charge >= 0.3 is 6.03 Å². The Bertz CT molecular complexity index is 1250. The van der Waals surface area contributed by atoms with Gasteiger partial charge in [0, 0.05) is 25.6 Å². The Morgan fingerprint density at radius 2 is 1.59 bits per heavy atom. The lowest BCUT2D eigenvalue weighted by molar-refractivity contribution is -0.118. The number of unbranched alkanes of at least 4 members (excludes halogenated alkanes) is 1. The molecule has 1 saturated heterocycles. The number of carbonyl (C=O) groups excluding carboxylic acids is 3. The number of nitrogens with zero attached hydrogens (tertiary/aromatic N) is 1. The number of nitrogens with two attached hydrogens (primary N) is 2. The molecule has 2 aromatic carbocycles. The fourth-order valence-corrected chi connectivity index (χ4v) is 5.60. The highest BCUT2D eigenvalue weighted by molar-refractivity contribution is 7.96. The van der Waals surface area contributed by atoms with Crippen LogP contribution in [0.25, 0.3) is 0 Å². The first-order valence-corrected chi connectivity index (χ1v) is 14.4. The topological polar surface area (TPSA) is 162 Å². The lowest BCUT2D eigenvalue weighted by Gasteiger charge is -2.29. The molecule has 39 heavy (non-hydrogen) atoms. The van der Waals surface area contributed by atoms with Crippen LogP contribution in [0.1, 0.15) is 24.8 Å². The van der Waals surface area contributed by atoms with Gasteiger partial charge in [-0.2, -0.15) is 0 Å². The predicted octanol–water partition coefficient (Wildman–Crippen LogP) is 1.59. The van der Waals surface area contributed by atoms with Crippen molar-refractivity contribution in [2.45, 2.75) is 42.7 Å². The summed E-state index contributed by atoms with van der Waals surface area (Å²) in [5, 5.41) is 2.73. The molecule has 210 valence electrons. The summed E-state index contributed by atoms with van der Waals surface area (Å²) in [4.78, 5) is 40.7. The van der Waals surface area contributed by atoms with Crippen LogP contribution in [0.3, 0.4) is 0 Å². The second-order valence-corrected chi connectivity index (χ2v) is 11.2. The van der Waals surface area contributed by atoms with Gasteiger partial charge in [0.1, 0.15) is 4.91 Å². The van der Waals surface area contributed by atoms with E-state index in [1.807, 2.05) is 6.07 Å². The Kier molecular flexibility index (Phi) is 11.4. The fraction of sp³-hybridized carbons (Fsp3) is 0.393. The molecule has 3 rings (SSSR count). The summed E-state index contributed by atoms with van der Waals surface area (Å²) in [5.41, 5.74) is 12.4. The quantitative estimate of drug-likeness (QED) is 0.247. The van der Waals surface area contributed by atoms with E-state index in [0.29, 0.717) is 45.7 Å². The van der Waals surface area contributed by atoms with Gasteiger partial charge in [0.25, 0.3) is 0 Å². The van der Waals surface area contributed by atoms with Crippen LogP contribution in [0.2, 0.25) is 0 Å². The molecule has 2 aromatic rings. The minimum atomic E-state index is -4.38.